The molecule has 104 valence electrons. The van der Waals surface area contributed by atoms with Crippen LogP contribution in [0.4, 0.5) is 8.78 Å². The molecule has 1 nitrogen and oxygen atoms in total. The molecule has 0 bridgehead atoms. The van der Waals surface area contributed by atoms with Crippen LogP contribution in [0.3, 0.4) is 0 Å². The Morgan fingerprint density at radius 3 is 2.55 bits per heavy atom. The number of rotatable bonds is 4. The van der Waals surface area contributed by atoms with Gasteiger partial charge in [-0.3, -0.25) is 0 Å². The van der Waals surface area contributed by atoms with Crippen molar-refractivity contribution in [1.29, 1.82) is 0 Å². The van der Waals surface area contributed by atoms with E-state index in [4.69, 9.17) is 0 Å². The molecule has 0 unspecified atom stereocenters. The SMILES string of the molecule is Cc1cc(F)cc(-c2cc(F)ccc2CNC2CC2)c1. The Balaban J connectivity index is 1.98. The van der Waals surface area contributed by atoms with E-state index in [1.165, 1.54) is 37.1 Å². The fourth-order valence-corrected chi connectivity index (χ4v) is 2.41. The summed E-state index contributed by atoms with van der Waals surface area (Å²) in [7, 11) is 0. The molecule has 1 N–H and O–H groups in total. The van der Waals surface area contributed by atoms with Crippen molar-refractivity contribution in [1.82, 2.24) is 5.32 Å². The summed E-state index contributed by atoms with van der Waals surface area (Å²) in [5.74, 6) is -0.581. The predicted molar refractivity (Wildman–Crippen MR) is 76.4 cm³/mol. The Bertz CT molecular complexity index is 613. The molecule has 0 aromatic heterocycles. The molecule has 1 aliphatic rings. The number of benzene rings is 2. The zero-order valence-corrected chi connectivity index (χ0v) is 11.4. The minimum Gasteiger partial charge on any atom is -0.310 e. The molecule has 0 amide bonds. The van der Waals surface area contributed by atoms with Crippen molar-refractivity contribution in [2.75, 3.05) is 0 Å². The average molecular weight is 273 g/mol. The Kier molecular flexibility index (Phi) is 3.53. The lowest BCUT2D eigenvalue weighted by molar-refractivity contribution is 0.623. The van der Waals surface area contributed by atoms with Gasteiger partial charge >= 0.3 is 0 Å². The topological polar surface area (TPSA) is 12.0 Å². The second kappa shape index (κ2) is 5.33. The van der Waals surface area contributed by atoms with Crippen LogP contribution < -0.4 is 5.32 Å². The molecule has 0 heterocycles. The molecular formula is C17H17F2N. The van der Waals surface area contributed by atoms with Gasteiger partial charge < -0.3 is 5.32 Å². The summed E-state index contributed by atoms with van der Waals surface area (Å²) < 4.78 is 27.1. The van der Waals surface area contributed by atoms with Crippen LogP contribution in [0, 0.1) is 18.6 Å². The highest BCUT2D eigenvalue weighted by Gasteiger charge is 2.20. The summed E-state index contributed by atoms with van der Waals surface area (Å²) in [4.78, 5) is 0. The molecule has 2 aromatic carbocycles. The van der Waals surface area contributed by atoms with Crippen LogP contribution in [0.15, 0.2) is 36.4 Å². The van der Waals surface area contributed by atoms with Gasteiger partial charge in [0.1, 0.15) is 11.6 Å². The molecular weight excluding hydrogens is 256 g/mol. The predicted octanol–water partition coefficient (Wildman–Crippen LogP) is 4.19. The monoisotopic (exact) mass is 273 g/mol. The summed E-state index contributed by atoms with van der Waals surface area (Å²) in [6.07, 6.45) is 2.41. The van der Waals surface area contributed by atoms with Gasteiger partial charge in [-0.2, -0.15) is 0 Å². The zero-order chi connectivity index (χ0) is 14.1. The van der Waals surface area contributed by atoms with Crippen LogP contribution >= 0.6 is 0 Å². The maximum absolute atomic E-state index is 13.6. The number of aryl methyl sites for hydroxylation is 1. The Morgan fingerprint density at radius 2 is 1.85 bits per heavy atom. The highest BCUT2D eigenvalue weighted by molar-refractivity contribution is 5.68. The highest BCUT2D eigenvalue weighted by atomic mass is 19.1. The third-order valence-corrected chi connectivity index (χ3v) is 3.58. The first-order valence-electron chi connectivity index (χ1n) is 6.91. The number of halogens is 2. The maximum atomic E-state index is 13.6. The molecule has 0 atom stereocenters. The first kappa shape index (κ1) is 13.3. The van der Waals surface area contributed by atoms with E-state index in [2.05, 4.69) is 5.32 Å². The molecule has 0 spiro atoms. The average Bonchev–Trinajstić information content (AvgIpc) is 3.20. The van der Waals surface area contributed by atoms with E-state index in [9.17, 15) is 8.78 Å². The quantitative estimate of drug-likeness (QED) is 0.880. The fourth-order valence-electron chi connectivity index (χ4n) is 2.41. The Hall–Kier alpha value is -1.74. The van der Waals surface area contributed by atoms with E-state index in [-0.39, 0.29) is 11.6 Å². The van der Waals surface area contributed by atoms with Crippen molar-refractivity contribution in [3.8, 4) is 11.1 Å². The van der Waals surface area contributed by atoms with Crippen LogP contribution in [0.1, 0.15) is 24.0 Å². The highest BCUT2D eigenvalue weighted by Crippen LogP contribution is 2.28. The van der Waals surface area contributed by atoms with Gasteiger partial charge in [0.15, 0.2) is 0 Å². The summed E-state index contributed by atoms with van der Waals surface area (Å²) in [5, 5.41) is 3.42. The van der Waals surface area contributed by atoms with Gasteiger partial charge in [-0.1, -0.05) is 12.1 Å². The van der Waals surface area contributed by atoms with Crippen molar-refractivity contribution < 1.29 is 8.78 Å². The van der Waals surface area contributed by atoms with Crippen molar-refractivity contribution >= 4 is 0 Å². The van der Waals surface area contributed by atoms with E-state index >= 15 is 0 Å². The van der Waals surface area contributed by atoms with Crippen LogP contribution in [0.2, 0.25) is 0 Å². The fraction of sp³-hybridized carbons (Fsp3) is 0.294. The molecule has 1 saturated carbocycles. The third-order valence-electron chi connectivity index (χ3n) is 3.58. The maximum Gasteiger partial charge on any atom is 0.124 e. The van der Waals surface area contributed by atoms with Crippen LogP contribution in [-0.4, -0.2) is 6.04 Å². The smallest absolute Gasteiger partial charge is 0.124 e. The van der Waals surface area contributed by atoms with Crippen molar-refractivity contribution in [3.05, 3.63) is 59.2 Å². The van der Waals surface area contributed by atoms with Crippen LogP contribution in [0.25, 0.3) is 11.1 Å². The van der Waals surface area contributed by atoms with Gasteiger partial charge in [0.25, 0.3) is 0 Å². The number of hydrogen-bond donors (Lipinski definition) is 1. The molecule has 1 aliphatic carbocycles. The van der Waals surface area contributed by atoms with E-state index < -0.39 is 0 Å². The molecule has 1 fully saturated rings. The lowest BCUT2D eigenvalue weighted by Gasteiger charge is -2.12. The van der Waals surface area contributed by atoms with Gasteiger partial charge in [-0.05, 0) is 66.3 Å². The Morgan fingerprint density at radius 1 is 1.05 bits per heavy atom. The molecule has 0 saturated heterocycles. The normalized spacial score (nSPS) is 14.6. The first-order chi connectivity index (χ1) is 9.61. The van der Waals surface area contributed by atoms with E-state index in [1.54, 1.807) is 6.07 Å². The zero-order valence-electron chi connectivity index (χ0n) is 11.4. The van der Waals surface area contributed by atoms with Gasteiger partial charge in [0.05, 0.1) is 0 Å². The first-order valence-corrected chi connectivity index (χ1v) is 6.91. The van der Waals surface area contributed by atoms with Crippen LogP contribution in [-0.2, 0) is 6.54 Å². The van der Waals surface area contributed by atoms with Gasteiger partial charge in [0, 0.05) is 12.6 Å². The van der Waals surface area contributed by atoms with Crippen LogP contribution in [0.5, 0.6) is 0 Å². The minimum absolute atomic E-state index is 0.287. The van der Waals surface area contributed by atoms with E-state index in [0.29, 0.717) is 12.6 Å². The Labute approximate surface area is 117 Å². The standard InChI is InChI=1S/C17H17F2N/c1-11-6-13(8-15(19)7-11)17-9-14(18)3-2-12(17)10-20-16-4-5-16/h2-3,6-9,16,20H,4-5,10H2,1H3. The van der Waals surface area contributed by atoms with Gasteiger partial charge in [-0.15, -0.1) is 0 Å². The van der Waals surface area contributed by atoms with Gasteiger partial charge in [-0.25, -0.2) is 8.78 Å². The lowest BCUT2D eigenvalue weighted by atomic mass is 9.98. The summed E-state index contributed by atoms with van der Waals surface area (Å²) in [6, 6.07) is 10.1. The third kappa shape index (κ3) is 3.05. The lowest BCUT2D eigenvalue weighted by Crippen LogP contribution is -2.16. The van der Waals surface area contributed by atoms with E-state index in [1.807, 2.05) is 13.0 Å². The molecule has 3 heteroatoms. The summed E-state index contributed by atoms with van der Waals surface area (Å²) >= 11 is 0. The van der Waals surface area contributed by atoms with Crippen molar-refractivity contribution in [3.63, 3.8) is 0 Å². The second-order valence-electron chi connectivity index (χ2n) is 5.47. The molecule has 0 aliphatic heterocycles. The molecule has 0 radical (unpaired) electrons. The molecule has 2 aromatic rings. The molecule has 3 rings (SSSR count). The second-order valence-corrected chi connectivity index (χ2v) is 5.47. The van der Waals surface area contributed by atoms with E-state index in [0.717, 1.165) is 22.3 Å². The number of nitrogens with one attached hydrogen (secondary N) is 1. The van der Waals surface area contributed by atoms with Crippen molar-refractivity contribution in [2.45, 2.75) is 32.4 Å². The summed E-state index contributed by atoms with van der Waals surface area (Å²) in [6.45, 7) is 2.53. The van der Waals surface area contributed by atoms with Gasteiger partial charge in [0.2, 0.25) is 0 Å². The minimum atomic E-state index is -0.294. The molecule has 20 heavy (non-hydrogen) atoms. The largest absolute Gasteiger partial charge is 0.310 e. The number of hydrogen-bond acceptors (Lipinski definition) is 1. The van der Waals surface area contributed by atoms with Crippen molar-refractivity contribution in [2.24, 2.45) is 0 Å². The summed E-state index contributed by atoms with van der Waals surface area (Å²) in [5.41, 5.74) is 3.34.